The van der Waals surface area contributed by atoms with Gasteiger partial charge in [-0.25, -0.2) is 22.5 Å². The minimum atomic E-state index is -3.39. The average molecular weight is 670 g/mol. The van der Waals surface area contributed by atoms with Crippen molar-refractivity contribution in [1.29, 1.82) is 0 Å². The SMILES string of the molecule is CCCOCn1ccc2cc(Br)c([C@@H](Cc3cc(F)cc(F)c3)NC(=O)Cn3nc(C(F)F)c4c3C(F)(F)C3C[C@H]43)nc21. The number of hydrogen-bond acceptors (Lipinski definition) is 4. The van der Waals surface area contributed by atoms with Gasteiger partial charge in [0.15, 0.2) is 0 Å². The lowest BCUT2D eigenvalue weighted by Crippen LogP contribution is -2.35. The second kappa shape index (κ2) is 11.3. The summed E-state index contributed by atoms with van der Waals surface area (Å²) < 4.78 is 94.2. The number of carbonyl (C=O) groups excluding carboxylic acids is 1. The number of hydrogen-bond donors (Lipinski definition) is 1. The van der Waals surface area contributed by atoms with Crippen LogP contribution in [0, 0.1) is 17.6 Å². The van der Waals surface area contributed by atoms with E-state index in [-0.39, 0.29) is 30.7 Å². The smallest absolute Gasteiger partial charge is 0.293 e. The molecule has 2 aliphatic rings. The number of amides is 1. The van der Waals surface area contributed by atoms with Crippen molar-refractivity contribution in [3.8, 4) is 0 Å². The van der Waals surface area contributed by atoms with E-state index >= 15 is 8.78 Å². The molecule has 4 aromatic rings. The molecule has 0 saturated heterocycles. The fourth-order valence-electron chi connectivity index (χ4n) is 5.89. The highest BCUT2D eigenvalue weighted by Crippen LogP contribution is 2.68. The van der Waals surface area contributed by atoms with Crippen LogP contribution in [0.4, 0.5) is 26.3 Å². The van der Waals surface area contributed by atoms with Crippen LogP contribution < -0.4 is 5.32 Å². The van der Waals surface area contributed by atoms with Crippen LogP contribution in [0.15, 0.2) is 41.0 Å². The molecular weight excluding hydrogens is 644 g/mol. The molecule has 14 heteroatoms. The fourth-order valence-corrected chi connectivity index (χ4v) is 6.50. The lowest BCUT2D eigenvalue weighted by molar-refractivity contribution is -0.123. The minimum Gasteiger partial charge on any atom is -0.361 e. The summed E-state index contributed by atoms with van der Waals surface area (Å²) in [5.74, 6) is -7.63. The first-order chi connectivity index (χ1) is 20.5. The van der Waals surface area contributed by atoms with E-state index in [0.717, 1.165) is 23.9 Å². The lowest BCUT2D eigenvalue weighted by atomic mass is 10.0. The molecule has 228 valence electrons. The second-order valence-corrected chi connectivity index (χ2v) is 11.7. The van der Waals surface area contributed by atoms with Gasteiger partial charge in [-0.1, -0.05) is 6.92 Å². The zero-order valence-corrected chi connectivity index (χ0v) is 24.4. The number of halogens is 7. The first kappa shape index (κ1) is 29.7. The van der Waals surface area contributed by atoms with Crippen molar-refractivity contribution >= 4 is 32.9 Å². The maximum atomic E-state index is 15.0. The molecule has 3 aromatic heterocycles. The molecule has 1 amide bonds. The number of aromatic nitrogens is 4. The fraction of sp³-hybridized carbons (Fsp3) is 0.414. The van der Waals surface area contributed by atoms with E-state index in [0.29, 0.717) is 33.2 Å². The second-order valence-electron chi connectivity index (χ2n) is 10.9. The van der Waals surface area contributed by atoms with Crippen molar-refractivity contribution in [2.75, 3.05) is 6.61 Å². The van der Waals surface area contributed by atoms with Crippen LogP contribution in [0.5, 0.6) is 0 Å². The van der Waals surface area contributed by atoms with Crippen molar-refractivity contribution < 1.29 is 35.9 Å². The van der Waals surface area contributed by atoms with Gasteiger partial charge in [0.05, 0.1) is 11.7 Å². The number of rotatable bonds is 11. The molecule has 3 atom stereocenters. The van der Waals surface area contributed by atoms with Crippen LogP contribution in [-0.2, 0) is 35.2 Å². The average Bonchev–Trinajstić information content (AvgIpc) is 3.42. The number of fused-ring (bicyclic) bond motifs is 4. The maximum absolute atomic E-state index is 15.0. The molecule has 1 unspecified atom stereocenters. The van der Waals surface area contributed by atoms with E-state index in [1.165, 1.54) is 0 Å². The Labute approximate surface area is 250 Å². The van der Waals surface area contributed by atoms with Gasteiger partial charge in [0.2, 0.25) is 5.91 Å². The van der Waals surface area contributed by atoms with Gasteiger partial charge in [0, 0.05) is 40.2 Å². The van der Waals surface area contributed by atoms with Crippen LogP contribution in [0.25, 0.3) is 11.0 Å². The van der Waals surface area contributed by atoms with Gasteiger partial charge in [0.1, 0.15) is 41.9 Å². The van der Waals surface area contributed by atoms with Gasteiger partial charge in [-0.15, -0.1) is 0 Å². The van der Waals surface area contributed by atoms with Crippen LogP contribution in [0.2, 0.25) is 0 Å². The molecule has 0 bridgehead atoms. The van der Waals surface area contributed by atoms with Gasteiger partial charge < -0.3 is 14.6 Å². The highest BCUT2D eigenvalue weighted by Gasteiger charge is 2.67. The standard InChI is InChI=1S/C29H26BrF6N5O2/c1-2-5-43-13-40-4-3-15-9-20(30)24(38-28(15)40)21(8-14-6-16(31)10-17(32)7-14)37-22(42)12-41-26-23(25(39-41)27(33)34)18-11-19(18)29(26,35)36/h3-4,6-7,9-10,18-19,21,27H,2,5,8,11-13H2,1H3,(H,37,42)/t18-,19?,21+/m0/s1. The Morgan fingerprint density at radius 1 is 1.19 bits per heavy atom. The molecule has 1 saturated carbocycles. The molecule has 0 spiro atoms. The topological polar surface area (TPSA) is 74.0 Å². The van der Waals surface area contributed by atoms with Crippen LogP contribution in [0.3, 0.4) is 0 Å². The molecule has 6 rings (SSSR count). The molecule has 1 fully saturated rings. The molecule has 7 nitrogen and oxygen atoms in total. The summed E-state index contributed by atoms with van der Waals surface area (Å²) in [6.45, 7) is 1.95. The summed E-state index contributed by atoms with van der Waals surface area (Å²) in [6.07, 6.45) is -0.509. The molecule has 1 aromatic carbocycles. The van der Waals surface area contributed by atoms with Crippen molar-refractivity contribution in [2.24, 2.45) is 5.92 Å². The Bertz CT molecular complexity index is 1690. The number of nitrogens with zero attached hydrogens (tertiary/aromatic N) is 4. The Kier molecular flexibility index (Phi) is 7.78. The van der Waals surface area contributed by atoms with Crippen molar-refractivity contribution in [3.63, 3.8) is 0 Å². The van der Waals surface area contributed by atoms with Crippen LogP contribution in [0.1, 0.15) is 66.4 Å². The van der Waals surface area contributed by atoms with Gasteiger partial charge in [0.25, 0.3) is 12.3 Å². The summed E-state index contributed by atoms with van der Waals surface area (Å²) in [4.78, 5) is 18.1. The molecule has 2 aliphatic carbocycles. The van der Waals surface area contributed by atoms with Gasteiger partial charge >= 0.3 is 0 Å². The Hall–Kier alpha value is -3.39. The first-order valence-electron chi connectivity index (χ1n) is 13.7. The maximum Gasteiger partial charge on any atom is 0.293 e. The summed E-state index contributed by atoms with van der Waals surface area (Å²) in [5, 5.41) is 7.18. The van der Waals surface area contributed by atoms with Gasteiger partial charge in [-0.05, 0) is 70.9 Å². The Morgan fingerprint density at radius 3 is 2.63 bits per heavy atom. The number of benzene rings is 1. The van der Waals surface area contributed by atoms with E-state index in [4.69, 9.17) is 9.72 Å². The van der Waals surface area contributed by atoms with Crippen molar-refractivity contribution in [1.82, 2.24) is 24.6 Å². The number of alkyl halides is 4. The lowest BCUT2D eigenvalue weighted by Gasteiger charge is -2.21. The summed E-state index contributed by atoms with van der Waals surface area (Å²) >= 11 is 3.47. The van der Waals surface area contributed by atoms with Gasteiger partial charge in [-0.2, -0.15) is 13.9 Å². The quantitative estimate of drug-likeness (QED) is 0.139. The molecule has 0 radical (unpaired) electrons. The number of ether oxygens (including phenoxy) is 1. The summed E-state index contributed by atoms with van der Waals surface area (Å²) in [6, 6.07) is 5.52. The molecule has 1 N–H and O–H groups in total. The molecular formula is C29H26BrF6N5O2. The monoisotopic (exact) mass is 669 g/mol. The zero-order valence-electron chi connectivity index (χ0n) is 22.8. The van der Waals surface area contributed by atoms with Crippen LogP contribution >= 0.6 is 15.9 Å². The van der Waals surface area contributed by atoms with E-state index in [2.05, 4.69) is 26.3 Å². The first-order valence-corrected chi connectivity index (χ1v) is 14.5. The predicted molar refractivity (Wildman–Crippen MR) is 147 cm³/mol. The van der Waals surface area contributed by atoms with Gasteiger partial charge in [-0.3, -0.25) is 9.48 Å². The van der Waals surface area contributed by atoms with E-state index < -0.39 is 65.7 Å². The predicted octanol–water partition coefficient (Wildman–Crippen LogP) is 6.90. The number of pyridine rings is 1. The Morgan fingerprint density at radius 2 is 1.93 bits per heavy atom. The normalized spacial score (nSPS) is 19.1. The molecule has 3 heterocycles. The van der Waals surface area contributed by atoms with E-state index in [1.807, 2.05) is 13.0 Å². The highest BCUT2D eigenvalue weighted by atomic mass is 79.9. The minimum absolute atomic E-state index is 0.0945. The molecule has 43 heavy (non-hydrogen) atoms. The highest BCUT2D eigenvalue weighted by molar-refractivity contribution is 9.10. The van der Waals surface area contributed by atoms with Crippen molar-refractivity contribution in [2.45, 2.75) is 63.8 Å². The Balaban J connectivity index is 1.34. The number of nitrogens with one attached hydrogen (secondary N) is 1. The third kappa shape index (κ3) is 5.54. The van der Waals surface area contributed by atoms with Crippen LogP contribution in [-0.4, -0.2) is 31.8 Å². The molecule has 0 aliphatic heterocycles. The largest absolute Gasteiger partial charge is 0.361 e. The van der Waals surface area contributed by atoms with Crippen molar-refractivity contribution in [3.05, 3.63) is 80.8 Å². The van der Waals surface area contributed by atoms with E-state index in [1.54, 1.807) is 16.8 Å². The number of carbonyl (C=O) groups is 1. The third-order valence-corrected chi connectivity index (χ3v) is 8.42. The van der Waals surface area contributed by atoms with E-state index in [9.17, 15) is 22.4 Å². The summed E-state index contributed by atoms with van der Waals surface area (Å²) in [5.41, 5.74) is -0.556. The zero-order chi connectivity index (χ0) is 30.6. The summed E-state index contributed by atoms with van der Waals surface area (Å²) in [7, 11) is 0. The third-order valence-electron chi connectivity index (χ3n) is 7.78.